The zero-order valence-electron chi connectivity index (χ0n) is 10.4. The minimum Gasteiger partial charge on any atom is -0.335 e. The lowest BCUT2D eigenvalue weighted by molar-refractivity contribution is -0.122. The van der Waals surface area contributed by atoms with Crippen LogP contribution in [0.4, 0.5) is 0 Å². The zero-order valence-corrected chi connectivity index (χ0v) is 10.4. The zero-order chi connectivity index (χ0) is 11.8. The molecule has 2 saturated carbocycles. The van der Waals surface area contributed by atoms with Gasteiger partial charge in [0.25, 0.3) is 0 Å². The summed E-state index contributed by atoms with van der Waals surface area (Å²) >= 11 is 0. The second-order valence-electron chi connectivity index (χ2n) is 5.60. The molecule has 2 fully saturated rings. The summed E-state index contributed by atoms with van der Waals surface area (Å²) in [5, 5.41) is 0. The van der Waals surface area contributed by atoms with Gasteiger partial charge < -0.3 is 4.57 Å². The van der Waals surface area contributed by atoms with Gasteiger partial charge in [-0.05, 0) is 37.5 Å². The molecule has 0 saturated heterocycles. The van der Waals surface area contributed by atoms with Gasteiger partial charge in [-0.1, -0.05) is 6.92 Å². The predicted molar refractivity (Wildman–Crippen MR) is 65.6 cm³/mol. The van der Waals surface area contributed by atoms with E-state index in [-0.39, 0.29) is 0 Å². The highest BCUT2D eigenvalue weighted by molar-refractivity contribution is 5.83. The summed E-state index contributed by atoms with van der Waals surface area (Å²) in [6.45, 7) is 3.12. The van der Waals surface area contributed by atoms with Crippen LogP contribution >= 0.6 is 0 Å². The first-order valence-corrected chi connectivity index (χ1v) is 6.80. The number of nitrogens with zero attached hydrogens (tertiary/aromatic N) is 2. The van der Waals surface area contributed by atoms with Crippen molar-refractivity contribution < 1.29 is 4.79 Å². The van der Waals surface area contributed by atoms with Gasteiger partial charge in [0.05, 0.1) is 6.42 Å². The average Bonchev–Trinajstić information content (AvgIpc) is 2.75. The van der Waals surface area contributed by atoms with E-state index in [1.54, 1.807) is 0 Å². The van der Waals surface area contributed by atoms with Gasteiger partial charge in [-0.3, -0.25) is 4.79 Å². The van der Waals surface area contributed by atoms with Crippen LogP contribution in [0.3, 0.4) is 0 Å². The lowest BCUT2D eigenvalue weighted by Crippen LogP contribution is -2.18. The van der Waals surface area contributed by atoms with Gasteiger partial charge in [-0.25, -0.2) is 4.98 Å². The maximum absolute atomic E-state index is 12.2. The Morgan fingerprint density at radius 2 is 2.18 bits per heavy atom. The fourth-order valence-electron chi connectivity index (χ4n) is 3.23. The first kappa shape index (κ1) is 11.0. The minimum absolute atomic E-state index is 0.338. The summed E-state index contributed by atoms with van der Waals surface area (Å²) in [6, 6.07) is 0. The van der Waals surface area contributed by atoms with E-state index in [1.807, 2.05) is 12.4 Å². The molecule has 2 aliphatic carbocycles. The molecular formula is C14H20N2O. The quantitative estimate of drug-likeness (QED) is 0.781. The van der Waals surface area contributed by atoms with E-state index in [4.69, 9.17) is 0 Å². The molecule has 0 bridgehead atoms. The SMILES string of the molecule is CCCn1ccnc1CC(=O)C1CC2CC2C1. The highest BCUT2D eigenvalue weighted by Crippen LogP contribution is 2.54. The molecule has 0 spiro atoms. The van der Waals surface area contributed by atoms with Gasteiger partial charge in [0.1, 0.15) is 11.6 Å². The van der Waals surface area contributed by atoms with Crippen LogP contribution < -0.4 is 0 Å². The molecule has 1 aromatic rings. The maximum atomic E-state index is 12.2. The van der Waals surface area contributed by atoms with Crippen LogP contribution in [0.2, 0.25) is 0 Å². The third-order valence-corrected chi connectivity index (χ3v) is 4.30. The number of rotatable bonds is 5. The smallest absolute Gasteiger partial charge is 0.143 e. The van der Waals surface area contributed by atoms with Crippen molar-refractivity contribution in [1.82, 2.24) is 9.55 Å². The summed E-state index contributed by atoms with van der Waals surface area (Å²) in [5.41, 5.74) is 0. The fourth-order valence-corrected chi connectivity index (χ4v) is 3.23. The highest BCUT2D eigenvalue weighted by atomic mass is 16.1. The Labute approximate surface area is 102 Å². The summed E-state index contributed by atoms with van der Waals surface area (Å²) in [7, 11) is 0. The second kappa shape index (κ2) is 4.28. The molecular weight excluding hydrogens is 212 g/mol. The Hall–Kier alpha value is -1.12. The first-order chi connectivity index (χ1) is 8.28. The van der Waals surface area contributed by atoms with Gasteiger partial charge in [0.2, 0.25) is 0 Å². The summed E-state index contributed by atoms with van der Waals surface area (Å²) in [6.07, 6.45) is 9.11. The van der Waals surface area contributed by atoms with Crippen molar-refractivity contribution in [1.29, 1.82) is 0 Å². The predicted octanol–water partition coefficient (Wildman–Crippen LogP) is 2.45. The minimum atomic E-state index is 0.338. The number of hydrogen-bond acceptors (Lipinski definition) is 2. The van der Waals surface area contributed by atoms with E-state index in [1.165, 1.54) is 6.42 Å². The van der Waals surface area contributed by atoms with Gasteiger partial charge in [0.15, 0.2) is 0 Å². The molecule has 0 N–H and O–H groups in total. The topological polar surface area (TPSA) is 34.9 Å². The number of carbonyl (C=O) groups is 1. The molecule has 3 heteroatoms. The van der Waals surface area contributed by atoms with Crippen LogP contribution in [-0.4, -0.2) is 15.3 Å². The van der Waals surface area contributed by atoms with Crippen molar-refractivity contribution in [3.05, 3.63) is 18.2 Å². The van der Waals surface area contributed by atoms with Crippen molar-refractivity contribution in [3.63, 3.8) is 0 Å². The fraction of sp³-hybridized carbons (Fsp3) is 0.714. The monoisotopic (exact) mass is 232 g/mol. The van der Waals surface area contributed by atoms with E-state index >= 15 is 0 Å². The molecule has 1 aromatic heterocycles. The van der Waals surface area contributed by atoms with Gasteiger partial charge in [0, 0.05) is 24.9 Å². The molecule has 17 heavy (non-hydrogen) atoms. The number of fused-ring (bicyclic) bond motifs is 1. The first-order valence-electron chi connectivity index (χ1n) is 6.80. The lowest BCUT2D eigenvalue weighted by Gasteiger charge is -2.11. The number of aryl methyl sites for hydroxylation is 1. The third kappa shape index (κ3) is 2.15. The van der Waals surface area contributed by atoms with Crippen LogP contribution in [0.5, 0.6) is 0 Å². The van der Waals surface area contributed by atoms with Gasteiger partial charge in [-0.15, -0.1) is 0 Å². The molecule has 3 nitrogen and oxygen atoms in total. The number of carbonyl (C=O) groups excluding carboxylic acids is 1. The van der Waals surface area contributed by atoms with Crippen LogP contribution in [0.1, 0.15) is 38.4 Å². The Bertz CT molecular complexity index is 414. The van der Waals surface area contributed by atoms with Crippen LogP contribution in [0.25, 0.3) is 0 Å². The number of aromatic nitrogens is 2. The normalized spacial score (nSPS) is 30.3. The standard InChI is InChI=1S/C14H20N2O/c1-2-4-16-5-3-15-14(16)9-13(17)12-7-10-6-11(10)8-12/h3,5,10-12H,2,4,6-9H2,1H3. The Balaban J connectivity index is 1.61. The second-order valence-corrected chi connectivity index (χ2v) is 5.60. The van der Waals surface area contributed by atoms with E-state index in [9.17, 15) is 4.79 Å². The van der Waals surface area contributed by atoms with E-state index in [0.717, 1.165) is 43.5 Å². The molecule has 0 aromatic carbocycles. The van der Waals surface area contributed by atoms with E-state index < -0.39 is 0 Å². The Kier molecular flexibility index (Phi) is 2.77. The Morgan fingerprint density at radius 3 is 2.88 bits per heavy atom. The third-order valence-electron chi connectivity index (χ3n) is 4.30. The molecule has 1 heterocycles. The van der Waals surface area contributed by atoms with Crippen LogP contribution in [0.15, 0.2) is 12.4 Å². The summed E-state index contributed by atoms with van der Waals surface area (Å²) < 4.78 is 2.12. The highest BCUT2D eigenvalue weighted by Gasteiger charge is 2.47. The molecule has 3 rings (SSSR count). The molecule has 92 valence electrons. The van der Waals surface area contributed by atoms with Crippen molar-refractivity contribution in [3.8, 4) is 0 Å². The molecule has 0 radical (unpaired) electrons. The molecule has 0 aliphatic heterocycles. The molecule has 0 amide bonds. The molecule has 2 atom stereocenters. The van der Waals surface area contributed by atoms with Gasteiger partial charge >= 0.3 is 0 Å². The average molecular weight is 232 g/mol. The molecule has 2 unspecified atom stereocenters. The summed E-state index contributed by atoms with van der Waals surface area (Å²) in [5.74, 6) is 3.49. The number of hydrogen-bond donors (Lipinski definition) is 0. The molecule has 2 aliphatic rings. The van der Waals surface area contributed by atoms with E-state index in [2.05, 4.69) is 16.5 Å². The summed E-state index contributed by atoms with van der Waals surface area (Å²) in [4.78, 5) is 16.5. The number of imidazole rings is 1. The van der Waals surface area contributed by atoms with Gasteiger partial charge in [-0.2, -0.15) is 0 Å². The maximum Gasteiger partial charge on any atom is 0.143 e. The number of Topliss-reactive ketones (excluding diaryl/α,β-unsaturated/α-hetero) is 1. The van der Waals surface area contributed by atoms with Crippen molar-refractivity contribution in [2.24, 2.45) is 17.8 Å². The number of ketones is 1. The van der Waals surface area contributed by atoms with Crippen LogP contribution in [-0.2, 0) is 17.8 Å². The lowest BCUT2D eigenvalue weighted by atomic mass is 9.96. The van der Waals surface area contributed by atoms with Crippen LogP contribution in [0, 0.1) is 17.8 Å². The Morgan fingerprint density at radius 1 is 1.41 bits per heavy atom. The van der Waals surface area contributed by atoms with Crippen molar-refractivity contribution in [2.75, 3.05) is 0 Å². The van der Waals surface area contributed by atoms with Crippen molar-refractivity contribution in [2.45, 2.75) is 45.6 Å². The largest absolute Gasteiger partial charge is 0.335 e. The van der Waals surface area contributed by atoms with E-state index in [0.29, 0.717) is 18.1 Å². The van der Waals surface area contributed by atoms with Crippen molar-refractivity contribution >= 4 is 5.78 Å².